The quantitative estimate of drug-likeness (QED) is 0.739. The van der Waals surface area contributed by atoms with Crippen LogP contribution < -0.4 is 4.74 Å². The van der Waals surface area contributed by atoms with Gasteiger partial charge in [-0.3, -0.25) is 9.59 Å². The van der Waals surface area contributed by atoms with E-state index in [0.29, 0.717) is 37.7 Å². The lowest BCUT2D eigenvalue weighted by Gasteiger charge is -2.42. The molecule has 2 atom stereocenters. The first-order valence-corrected chi connectivity index (χ1v) is 10.1. The molecule has 0 spiro atoms. The molecule has 0 N–H and O–H groups in total. The molecule has 2 unspecified atom stereocenters. The minimum absolute atomic E-state index is 0.0175. The Labute approximate surface area is 168 Å². The molecule has 3 heterocycles. The Hall–Kier alpha value is -2.62. The number of halogens is 3. The number of rotatable bonds is 5. The summed E-state index contributed by atoms with van der Waals surface area (Å²) in [6, 6.07) is 5.57. The van der Waals surface area contributed by atoms with Crippen molar-refractivity contribution in [2.45, 2.75) is 25.2 Å². The summed E-state index contributed by atoms with van der Waals surface area (Å²) in [6.07, 6.45) is -4.03. The number of fused-ring (bicyclic) bond motifs is 1. The van der Waals surface area contributed by atoms with E-state index in [4.69, 9.17) is 0 Å². The van der Waals surface area contributed by atoms with Crippen molar-refractivity contribution in [2.24, 2.45) is 5.92 Å². The third-order valence-corrected chi connectivity index (χ3v) is 5.87. The number of amides is 2. The zero-order chi connectivity index (χ0) is 20.6. The Morgan fingerprint density at radius 2 is 1.93 bits per heavy atom. The van der Waals surface area contributed by atoms with E-state index >= 15 is 0 Å². The van der Waals surface area contributed by atoms with Crippen molar-refractivity contribution < 1.29 is 27.5 Å². The van der Waals surface area contributed by atoms with Crippen LogP contribution in [-0.4, -0.2) is 58.6 Å². The first kappa shape index (κ1) is 19.7. The average molecular weight is 425 g/mol. The summed E-state index contributed by atoms with van der Waals surface area (Å²) in [5.41, 5.74) is 2.82. The summed E-state index contributed by atoms with van der Waals surface area (Å²) in [5, 5.41) is 1.72. The summed E-state index contributed by atoms with van der Waals surface area (Å²) in [6.45, 7) is 1.77. The first-order chi connectivity index (χ1) is 13.8. The zero-order valence-electron chi connectivity index (χ0n) is 15.3. The smallest absolute Gasteiger partial charge is 0.406 e. The van der Waals surface area contributed by atoms with Crippen LogP contribution in [0.2, 0.25) is 0 Å². The molecule has 0 saturated carbocycles. The summed E-state index contributed by atoms with van der Waals surface area (Å²) in [5.74, 6) is -0.104. The molecule has 10 heteroatoms. The van der Waals surface area contributed by atoms with Gasteiger partial charge in [-0.15, -0.1) is 24.5 Å². The number of hydrogen-bond donors (Lipinski definition) is 0. The fourth-order valence-corrected chi connectivity index (χ4v) is 4.33. The summed E-state index contributed by atoms with van der Waals surface area (Å²) in [7, 11) is 0. The normalized spacial score (nSPS) is 20.9. The molecular weight excluding hydrogens is 407 g/mol. The minimum atomic E-state index is -4.72. The third kappa shape index (κ3) is 4.36. The van der Waals surface area contributed by atoms with E-state index in [1.54, 1.807) is 20.7 Å². The van der Waals surface area contributed by atoms with E-state index in [-0.39, 0.29) is 30.0 Å². The van der Waals surface area contributed by atoms with Crippen LogP contribution in [0.1, 0.15) is 22.5 Å². The number of ether oxygens (including phenoxy) is 1. The van der Waals surface area contributed by atoms with Gasteiger partial charge in [0, 0.05) is 37.4 Å². The van der Waals surface area contributed by atoms with Gasteiger partial charge in [0.1, 0.15) is 11.4 Å². The number of aryl methyl sites for hydroxylation is 1. The van der Waals surface area contributed by atoms with Crippen LogP contribution in [0.5, 0.6) is 5.75 Å². The van der Waals surface area contributed by atoms with Gasteiger partial charge in [-0.2, -0.15) is 0 Å². The molecule has 6 nitrogen and oxygen atoms in total. The second-order valence-corrected chi connectivity index (χ2v) is 7.87. The molecule has 2 amide bonds. The van der Waals surface area contributed by atoms with Gasteiger partial charge in [-0.05, 0) is 24.1 Å². The van der Waals surface area contributed by atoms with Crippen molar-refractivity contribution in [3.05, 3.63) is 46.4 Å². The Morgan fingerprint density at radius 3 is 2.59 bits per heavy atom. The summed E-state index contributed by atoms with van der Waals surface area (Å²) < 4.78 is 40.4. The largest absolute Gasteiger partial charge is 0.573 e. The monoisotopic (exact) mass is 425 g/mol. The highest BCUT2D eigenvalue weighted by atomic mass is 32.1. The van der Waals surface area contributed by atoms with Gasteiger partial charge in [-0.25, -0.2) is 4.98 Å². The van der Waals surface area contributed by atoms with Gasteiger partial charge < -0.3 is 14.5 Å². The maximum Gasteiger partial charge on any atom is 0.573 e. The molecule has 2 saturated heterocycles. The van der Waals surface area contributed by atoms with Crippen LogP contribution in [0.15, 0.2) is 35.2 Å². The van der Waals surface area contributed by atoms with E-state index in [9.17, 15) is 22.8 Å². The van der Waals surface area contributed by atoms with Gasteiger partial charge >= 0.3 is 6.36 Å². The molecular formula is C19H18F3N3O3S. The Bertz CT molecular complexity index is 886. The number of nitrogens with zero attached hydrogens (tertiary/aromatic N) is 3. The Morgan fingerprint density at radius 1 is 1.17 bits per heavy atom. The molecule has 1 aromatic carbocycles. The molecule has 2 aliphatic rings. The van der Waals surface area contributed by atoms with Crippen molar-refractivity contribution in [1.82, 2.24) is 14.8 Å². The highest BCUT2D eigenvalue weighted by Gasteiger charge is 2.49. The van der Waals surface area contributed by atoms with Crippen molar-refractivity contribution in [1.29, 1.82) is 0 Å². The Balaban J connectivity index is 1.27. The van der Waals surface area contributed by atoms with Crippen molar-refractivity contribution in [3.63, 3.8) is 0 Å². The van der Waals surface area contributed by atoms with Crippen LogP contribution in [0, 0.1) is 5.92 Å². The summed E-state index contributed by atoms with van der Waals surface area (Å²) >= 11 is 1.37. The maximum absolute atomic E-state index is 12.5. The van der Waals surface area contributed by atoms with Crippen LogP contribution in [0.4, 0.5) is 13.2 Å². The lowest BCUT2D eigenvalue weighted by atomic mass is 9.92. The van der Waals surface area contributed by atoms with Crippen molar-refractivity contribution in [3.8, 4) is 5.75 Å². The molecule has 2 fully saturated rings. The van der Waals surface area contributed by atoms with Crippen LogP contribution >= 0.6 is 11.3 Å². The maximum atomic E-state index is 12.5. The number of benzene rings is 1. The zero-order valence-corrected chi connectivity index (χ0v) is 16.1. The summed E-state index contributed by atoms with van der Waals surface area (Å²) in [4.78, 5) is 32.5. The van der Waals surface area contributed by atoms with Gasteiger partial charge in [0.15, 0.2) is 0 Å². The lowest BCUT2D eigenvalue weighted by Crippen LogP contribution is -2.58. The molecule has 1 aromatic heterocycles. The van der Waals surface area contributed by atoms with E-state index in [1.165, 1.54) is 35.6 Å². The first-order valence-electron chi connectivity index (χ1n) is 9.12. The lowest BCUT2D eigenvalue weighted by molar-refractivity contribution is -0.274. The molecule has 154 valence electrons. The fourth-order valence-electron chi connectivity index (χ4n) is 3.81. The van der Waals surface area contributed by atoms with E-state index in [1.807, 2.05) is 0 Å². The number of thiazole rings is 1. The standard InChI is InChI=1S/C19H18F3N3O3S/c20-19(21,22)28-14-4-1-12(2-5-14)3-6-17(26)24-7-13-8-25(16(13)9-24)18(27)15-10-29-11-23-15/h1-2,4-5,10-11,13,16H,3,6-9H2. The molecule has 2 aromatic rings. The molecule has 0 aliphatic carbocycles. The van der Waals surface area contributed by atoms with Crippen molar-refractivity contribution >= 4 is 23.2 Å². The third-order valence-electron chi connectivity index (χ3n) is 5.29. The molecule has 0 radical (unpaired) electrons. The molecule has 0 bridgehead atoms. The second kappa shape index (κ2) is 7.66. The molecule has 2 aliphatic heterocycles. The van der Waals surface area contributed by atoms with E-state index in [2.05, 4.69) is 9.72 Å². The number of carbonyl (C=O) groups is 2. The molecule has 29 heavy (non-hydrogen) atoms. The number of hydrogen-bond acceptors (Lipinski definition) is 5. The van der Waals surface area contributed by atoms with Crippen LogP contribution in [0.25, 0.3) is 0 Å². The van der Waals surface area contributed by atoms with E-state index < -0.39 is 6.36 Å². The topological polar surface area (TPSA) is 62.7 Å². The van der Waals surface area contributed by atoms with E-state index in [0.717, 1.165) is 5.56 Å². The highest BCUT2D eigenvalue weighted by molar-refractivity contribution is 7.07. The predicted octanol–water partition coefficient (Wildman–Crippen LogP) is 2.96. The number of likely N-dealkylation sites (tertiary alicyclic amines) is 2. The SMILES string of the molecule is O=C(CCc1ccc(OC(F)(F)F)cc1)N1CC2CN(C(=O)c3cscn3)C2C1. The van der Waals surface area contributed by atoms with Gasteiger partial charge in [0.25, 0.3) is 5.91 Å². The van der Waals surface area contributed by atoms with Crippen LogP contribution in [-0.2, 0) is 11.2 Å². The van der Waals surface area contributed by atoms with Crippen LogP contribution in [0.3, 0.4) is 0 Å². The van der Waals surface area contributed by atoms with Crippen molar-refractivity contribution in [2.75, 3.05) is 19.6 Å². The van der Waals surface area contributed by atoms with Gasteiger partial charge in [0.2, 0.25) is 5.91 Å². The van der Waals surface area contributed by atoms with Gasteiger partial charge in [-0.1, -0.05) is 12.1 Å². The predicted molar refractivity (Wildman–Crippen MR) is 98.5 cm³/mol. The highest BCUT2D eigenvalue weighted by Crippen LogP contribution is 2.34. The number of alkyl halides is 3. The van der Waals surface area contributed by atoms with Gasteiger partial charge in [0.05, 0.1) is 11.6 Å². The minimum Gasteiger partial charge on any atom is -0.406 e. The number of carbonyl (C=O) groups excluding carboxylic acids is 2. The second-order valence-electron chi connectivity index (χ2n) is 7.15. The Kier molecular flexibility index (Phi) is 5.20. The number of aromatic nitrogens is 1. The molecule has 4 rings (SSSR count). The fraction of sp³-hybridized carbons (Fsp3) is 0.421. The average Bonchev–Trinajstić information content (AvgIpc) is 3.29.